The third kappa shape index (κ3) is 1.26. The molecular formula is C12H12N4S. The molecule has 17 heavy (non-hydrogen) atoms. The summed E-state index contributed by atoms with van der Waals surface area (Å²) in [4.78, 5) is 11.5. The molecule has 4 rings (SSSR count). The molecule has 3 aromatic heterocycles. The quantitative estimate of drug-likeness (QED) is 0.610. The lowest BCUT2D eigenvalue weighted by atomic mass is 9.89. The summed E-state index contributed by atoms with van der Waals surface area (Å²) in [6, 6.07) is 0. The van der Waals surface area contributed by atoms with E-state index in [9.17, 15) is 0 Å². The maximum Gasteiger partial charge on any atom is 0.167 e. The van der Waals surface area contributed by atoms with Crippen LogP contribution in [0.2, 0.25) is 0 Å². The second-order valence-corrected chi connectivity index (χ2v) is 5.89. The van der Waals surface area contributed by atoms with Crippen LogP contribution in [-0.2, 0) is 12.8 Å². The topological polar surface area (TPSA) is 43.1 Å². The molecule has 0 unspecified atom stereocenters. The van der Waals surface area contributed by atoms with Gasteiger partial charge in [0, 0.05) is 4.88 Å². The van der Waals surface area contributed by atoms with Crippen LogP contribution in [0.5, 0.6) is 0 Å². The Morgan fingerprint density at radius 2 is 2.35 bits per heavy atom. The molecule has 3 aromatic rings. The molecule has 3 heterocycles. The molecule has 0 amide bonds. The fraction of sp³-hybridized carbons (Fsp3) is 0.417. The fourth-order valence-electron chi connectivity index (χ4n) is 2.68. The van der Waals surface area contributed by atoms with Crippen LogP contribution < -0.4 is 0 Å². The van der Waals surface area contributed by atoms with E-state index in [1.807, 2.05) is 11.3 Å². The number of aromatic nitrogens is 4. The summed E-state index contributed by atoms with van der Waals surface area (Å²) in [6.07, 6.45) is 6.98. The first-order valence-electron chi connectivity index (χ1n) is 5.91. The Morgan fingerprint density at radius 1 is 1.41 bits per heavy atom. The van der Waals surface area contributed by atoms with E-state index in [1.54, 1.807) is 17.2 Å². The second-order valence-electron chi connectivity index (χ2n) is 4.80. The van der Waals surface area contributed by atoms with Crippen LogP contribution in [0.15, 0.2) is 12.7 Å². The van der Waals surface area contributed by atoms with Crippen LogP contribution >= 0.6 is 11.3 Å². The summed E-state index contributed by atoms with van der Waals surface area (Å²) in [5.74, 6) is 0.796. The van der Waals surface area contributed by atoms with Crippen LogP contribution in [0, 0.1) is 5.92 Å². The van der Waals surface area contributed by atoms with E-state index >= 15 is 0 Å². The van der Waals surface area contributed by atoms with Crippen molar-refractivity contribution in [2.24, 2.45) is 5.92 Å². The maximum absolute atomic E-state index is 4.49. The van der Waals surface area contributed by atoms with Gasteiger partial charge in [0.15, 0.2) is 5.65 Å². The van der Waals surface area contributed by atoms with Crippen LogP contribution in [0.3, 0.4) is 0 Å². The number of rotatable bonds is 0. The minimum atomic E-state index is 0.796. The first kappa shape index (κ1) is 9.53. The Hall–Kier alpha value is -1.49. The predicted octanol–water partition coefficient (Wildman–Crippen LogP) is 2.46. The highest BCUT2D eigenvalue weighted by Crippen LogP contribution is 2.38. The number of hydrogen-bond acceptors (Lipinski definition) is 4. The normalized spacial score (nSPS) is 19.9. The van der Waals surface area contributed by atoms with Crippen molar-refractivity contribution in [1.82, 2.24) is 19.6 Å². The summed E-state index contributed by atoms with van der Waals surface area (Å²) in [5.41, 5.74) is 2.43. The molecule has 0 aliphatic heterocycles. The molecule has 0 aromatic carbocycles. The molecule has 0 saturated carbocycles. The smallest absolute Gasteiger partial charge is 0.167 e. The fourth-order valence-corrected chi connectivity index (χ4v) is 4.02. The van der Waals surface area contributed by atoms with E-state index in [-0.39, 0.29) is 0 Å². The minimum absolute atomic E-state index is 0.796. The zero-order valence-electron chi connectivity index (χ0n) is 9.55. The van der Waals surface area contributed by atoms with E-state index in [4.69, 9.17) is 0 Å². The molecule has 0 radical (unpaired) electrons. The van der Waals surface area contributed by atoms with Gasteiger partial charge in [0.1, 0.15) is 17.5 Å². The molecule has 0 spiro atoms. The average molecular weight is 244 g/mol. The first-order chi connectivity index (χ1) is 8.33. The highest BCUT2D eigenvalue weighted by molar-refractivity contribution is 7.19. The predicted molar refractivity (Wildman–Crippen MR) is 67.4 cm³/mol. The van der Waals surface area contributed by atoms with Gasteiger partial charge in [-0.05, 0) is 30.7 Å². The van der Waals surface area contributed by atoms with Crippen LogP contribution in [0.1, 0.15) is 23.8 Å². The molecule has 86 valence electrons. The number of fused-ring (bicyclic) bond motifs is 5. The monoisotopic (exact) mass is 244 g/mol. The Balaban J connectivity index is 2.12. The number of aryl methyl sites for hydroxylation is 1. The van der Waals surface area contributed by atoms with Crippen LogP contribution in [-0.4, -0.2) is 19.6 Å². The van der Waals surface area contributed by atoms with Gasteiger partial charge < -0.3 is 0 Å². The van der Waals surface area contributed by atoms with Crippen molar-refractivity contribution in [2.45, 2.75) is 26.2 Å². The SMILES string of the molecule is C[C@@H]1CCc2c(sc3ncn4ncnc4c23)C1. The number of thiophene rings is 1. The van der Waals surface area contributed by atoms with Gasteiger partial charge >= 0.3 is 0 Å². The van der Waals surface area contributed by atoms with Crippen molar-refractivity contribution in [3.63, 3.8) is 0 Å². The van der Waals surface area contributed by atoms with Gasteiger partial charge in [0.25, 0.3) is 0 Å². The highest BCUT2D eigenvalue weighted by atomic mass is 32.1. The lowest BCUT2D eigenvalue weighted by Gasteiger charge is -2.17. The molecular weight excluding hydrogens is 232 g/mol. The molecule has 4 nitrogen and oxygen atoms in total. The van der Waals surface area contributed by atoms with E-state index in [2.05, 4.69) is 22.0 Å². The van der Waals surface area contributed by atoms with Crippen molar-refractivity contribution >= 4 is 27.2 Å². The first-order valence-corrected chi connectivity index (χ1v) is 6.73. The molecule has 0 bridgehead atoms. The van der Waals surface area contributed by atoms with Crippen molar-refractivity contribution in [3.05, 3.63) is 23.1 Å². The van der Waals surface area contributed by atoms with E-state index in [1.165, 1.54) is 28.7 Å². The molecule has 1 aliphatic carbocycles. The number of nitrogens with zero attached hydrogens (tertiary/aromatic N) is 4. The highest BCUT2D eigenvalue weighted by Gasteiger charge is 2.22. The van der Waals surface area contributed by atoms with Crippen LogP contribution in [0.25, 0.3) is 15.9 Å². The van der Waals surface area contributed by atoms with Crippen LogP contribution in [0.4, 0.5) is 0 Å². The van der Waals surface area contributed by atoms with Gasteiger partial charge in [-0.1, -0.05) is 6.92 Å². The number of hydrogen-bond donors (Lipinski definition) is 0. The van der Waals surface area contributed by atoms with Crippen molar-refractivity contribution in [2.75, 3.05) is 0 Å². The molecule has 5 heteroatoms. The summed E-state index contributed by atoms with van der Waals surface area (Å²) >= 11 is 1.83. The second kappa shape index (κ2) is 3.26. The van der Waals surface area contributed by atoms with E-state index in [0.29, 0.717) is 0 Å². The Morgan fingerprint density at radius 3 is 3.29 bits per heavy atom. The molecule has 1 atom stereocenters. The summed E-state index contributed by atoms with van der Waals surface area (Å²) in [5, 5.41) is 5.39. The molecule has 0 saturated heterocycles. The van der Waals surface area contributed by atoms with E-state index < -0.39 is 0 Å². The zero-order chi connectivity index (χ0) is 11.4. The average Bonchev–Trinajstić information content (AvgIpc) is 2.89. The Labute approximate surface area is 102 Å². The van der Waals surface area contributed by atoms with Gasteiger partial charge in [0.05, 0.1) is 5.39 Å². The minimum Gasteiger partial charge on any atom is -0.225 e. The standard InChI is InChI=1S/C12H12N4S/c1-7-2-3-8-9(4-7)17-12-10(8)11-13-5-15-16(11)6-14-12/h5-7H,2-4H2,1H3/t7-/m1/s1. The van der Waals surface area contributed by atoms with Gasteiger partial charge in [-0.2, -0.15) is 5.10 Å². The zero-order valence-corrected chi connectivity index (χ0v) is 10.4. The van der Waals surface area contributed by atoms with Crippen molar-refractivity contribution in [1.29, 1.82) is 0 Å². The van der Waals surface area contributed by atoms with Gasteiger partial charge in [-0.3, -0.25) is 0 Å². The third-order valence-electron chi connectivity index (χ3n) is 3.57. The summed E-state index contributed by atoms with van der Waals surface area (Å²) in [6.45, 7) is 2.33. The Bertz CT molecular complexity index is 712. The Kier molecular flexibility index (Phi) is 1.83. The lowest BCUT2D eigenvalue weighted by molar-refractivity contribution is 0.509. The van der Waals surface area contributed by atoms with Crippen molar-refractivity contribution < 1.29 is 0 Å². The van der Waals surface area contributed by atoms with Gasteiger partial charge in [0.2, 0.25) is 0 Å². The third-order valence-corrected chi connectivity index (χ3v) is 4.74. The maximum atomic E-state index is 4.49. The van der Waals surface area contributed by atoms with Gasteiger partial charge in [-0.25, -0.2) is 14.5 Å². The molecule has 0 N–H and O–H groups in total. The van der Waals surface area contributed by atoms with Gasteiger partial charge in [-0.15, -0.1) is 11.3 Å². The summed E-state index contributed by atoms with van der Waals surface area (Å²) < 4.78 is 1.77. The lowest BCUT2D eigenvalue weighted by Crippen LogP contribution is -2.08. The molecule has 1 aliphatic rings. The largest absolute Gasteiger partial charge is 0.225 e. The molecule has 0 fully saturated rings. The summed E-state index contributed by atoms with van der Waals surface area (Å²) in [7, 11) is 0. The van der Waals surface area contributed by atoms with Crippen molar-refractivity contribution in [3.8, 4) is 0 Å². The van der Waals surface area contributed by atoms with E-state index in [0.717, 1.165) is 22.8 Å².